The van der Waals surface area contributed by atoms with Gasteiger partial charge >= 0.3 is 11.9 Å². The smallest absolute Gasteiger partial charge is 0.306 e. The summed E-state index contributed by atoms with van der Waals surface area (Å²) in [4.78, 5) is 38.0. The van der Waals surface area contributed by atoms with E-state index in [0.29, 0.717) is 23.9 Å². The van der Waals surface area contributed by atoms with Gasteiger partial charge in [0.05, 0.1) is 27.7 Å². The molecule has 0 amide bonds. The number of phosphoric acid groups is 1. The first-order valence-electron chi connectivity index (χ1n) is 32.2. The highest BCUT2D eigenvalue weighted by Crippen LogP contribution is 2.38. The van der Waals surface area contributed by atoms with Gasteiger partial charge in [-0.3, -0.25) is 14.2 Å². The number of quaternary nitrogens is 1. The fraction of sp³-hybridized carbons (Fsp3) is 0.611. The zero-order valence-electron chi connectivity index (χ0n) is 52.6. The molecule has 464 valence electrons. The lowest BCUT2D eigenvalue weighted by Gasteiger charge is -2.28. The summed E-state index contributed by atoms with van der Waals surface area (Å²) in [5.41, 5.74) is 0. The molecule has 0 radical (unpaired) electrons. The predicted octanol–water partition coefficient (Wildman–Crippen LogP) is 20.2. The third-order valence-corrected chi connectivity index (χ3v) is 14.0. The Kier molecular flexibility index (Phi) is 57.9. The summed E-state index contributed by atoms with van der Waals surface area (Å²) in [6.45, 7) is 3.97. The molecule has 0 aromatic rings. The van der Waals surface area contributed by atoms with Crippen LogP contribution >= 0.6 is 7.82 Å². The average Bonchev–Trinajstić information content (AvgIpc) is 3.46. The van der Waals surface area contributed by atoms with Gasteiger partial charge in [0.2, 0.25) is 0 Å². The molecule has 0 aromatic heterocycles. The average molecular weight is 1160 g/mol. The van der Waals surface area contributed by atoms with E-state index in [-0.39, 0.29) is 26.1 Å². The minimum atomic E-state index is -4.66. The van der Waals surface area contributed by atoms with Crippen molar-refractivity contribution in [3.63, 3.8) is 0 Å². The van der Waals surface area contributed by atoms with Crippen LogP contribution in [0.3, 0.4) is 0 Å². The van der Waals surface area contributed by atoms with Crippen molar-refractivity contribution in [2.75, 3.05) is 47.5 Å². The Morgan fingerprint density at radius 2 is 0.659 bits per heavy atom. The third kappa shape index (κ3) is 64.8. The first-order chi connectivity index (χ1) is 40.0. The predicted molar refractivity (Wildman–Crippen MR) is 350 cm³/mol. The molecule has 9 nitrogen and oxygen atoms in total. The van der Waals surface area contributed by atoms with Crippen molar-refractivity contribution in [1.82, 2.24) is 0 Å². The highest BCUT2D eigenvalue weighted by molar-refractivity contribution is 7.45. The number of hydrogen-bond acceptors (Lipinski definition) is 8. The number of esters is 2. The summed E-state index contributed by atoms with van der Waals surface area (Å²) in [5.74, 6) is -0.864. The Hall–Kier alpha value is -4.37. The number of phosphoric ester groups is 1. The molecule has 0 bridgehead atoms. The van der Waals surface area contributed by atoms with Crippen LogP contribution in [0.5, 0.6) is 0 Å². The summed E-state index contributed by atoms with van der Waals surface area (Å²) in [6, 6.07) is 0. The van der Waals surface area contributed by atoms with Crippen LogP contribution in [0.4, 0.5) is 0 Å². The van der Waals surface area contributed by atoms with Crippen LogP contribution in [0.1, 0.15) is 232 Å². The van der Waals surface area contributed by atoms with Crippen molar-refractivity contribution in [1.29, 1.82) is 0 Å². The van der Waals surface area contributed by atoms with Crippen molar-refractivity contribution < 1.29 is 42.1 Å². The van der Waals surface area contributed by atoms with Crippen molar-refractivity contribution in [2.45, 2.75) is 238 Å². The molecule has 0 aliphatic heterocycles. The van der Waals surface area contributed by atoms with Crippen molar-refractivity contribution in [3.8, 4) is 0 Å². The third-order valence-electron chi connectivity index (χ3n) is 13.0. The van der Waals surface area contributed by atoms with Crippen molar-refractivity contribution >= 4 is 19.8 Å². The normalized spacial score (nSPS) is 14.3. The zero-order valence-corrected chi connectivity index (χ0v) is 53.5. The number of unbranched alkanes of at least 4 members (excludes halogenated alkanes) is 17. The molecule has 2 unspecified atom stereocenters. The Bertz CT molecular complexity index is 1940. The summed E-state index contributed by atoms with van der Waals surface area (Å²) in [6.07, 6.45) is 91.5. The topological polar surface area (TPSA) is 111 Å². The Balaban J connectivity index is 4.19. The molecular formula is C72H118NO8P. The maximum Gasteiger partial charge on any atom is 0.306 e. The molecule has 0 N–H and O–H groups in total. The lowest BCUT2D eigenvalue weighted by atomic mass is 10.0. The van der Waals surface area contributed by atoms with E-state index in [1.807, 2.05) is 21.1 Å². The second-order valence-corrected chi connectivity index (χ2v) is 23.4. The molecule has 10 heteroatoms. The van der Waals surface area contributed by atoms with Crippen LogP contribution in [0, 0.1) is 0 Å². The van der Waals surface area contributed by atoms with Crippen LogP contribution in [-0.4, -0.2) is 70.0 Å². The maximum atomic E-state index is 12.8. The summed E-state index contributed by atoms with van der Waals surface area (Å²) in [7, 11) is 1.13. The molecule has 0 aliphatic carbocycles. The minimum Gasteiger partial charge on any atom is -0.756 e. The van der Waals surface area contributed by atoms with Gasteiger partial charge in [0.25, 0.3) is 7.82 Å². The molecule has 0 spiro atoms. The van der Waals surface area contributed by atoms with E-state index in [9.17, 15) is 19.0 Å². The zero-order chi connectivity index (χ0) is 59.8. The van der Waals surface area contributed by atoms with E-state index in [1.54, 1.807) is 0 Å². The van der Waals surface area contributed by atoms with Crippen molar-refractivity contribution in [3.05, 3.63) is 158 Å². The van der Waals surface area contributed by atoms with Gasteiger partial charge in [-0.2, -0.15) is 0 Å². The monoisotopic (exact) mass is 1160 g/mol. The quantitative estimate of drug-likeness (QED) is 0.0195. The van der Waals surface area contributed by atoms with E-state index >= 15 is 0 Å². The highest BCUT2D eigenvalue weighted by Gasteiger charge is 2.22. The van der Waals surface area contributed by atoms with Crippen LogP contribution in [0.15, 0.2) is 158 Å². The second kappa shape index (κ2) is 61.2. The number of allylic oxidation sites excluding steroid dienone is 26. The number of nitrogens with zero attached hydrogens (tertiary/aromatic N) is 1. The number of ether oxygens (including phenoxy) is 2. The number of carbonyl (C=O) groups is 2. The van der Waals surface area contributed by atoms with Gasteiger partial charge in [0, 0.05) is 12.8 Å². The molecule has 2 atom stereocenters. The van der Waals surface area contributed by atoms with Crippen molar-refractivity contribution in [2.24, 2.45) is 0 Å². The molecule has 0 heterocycles. The number of likely N-dealkylation sites (N-methyl/N-ethyl adjacent to an activating group) is 1. The Morgan fingerprint density at radius 1 is 0.378 bits per heavy atom. The lowest BCUT2D eigenvalue weighted by Crippen LogP contribution is -2.37. The maximum absolute atomic E-state index is 12.8. The molecule has 0 fully saturated rings. The number of hydrogen-bond donors (Lipinski definition) is 0. The van der Waals surface area contributed by atoms with Gasteiger partial charge in [-0.1, -0.05) is 255 Å². The Morgan fingerprint density at radius 3 is 0.976 bits per heavy atom. The first kappa shape index (κ1) is 77.6. The van der Waals surface area contributed by atoms with E-state index in [0.717, 1.165) is 148 Å². The molecule has 0 saturated carbocycles. The largest absolute Gasteiger partial charge is 0.756 e. The van der Waals surface area contributed by atoms with E-state index in [2.05, 4.69) is 172 Å². The summed E-state index contributed by atoms with van der Waals surface area (Å²) in [5, 5.41) is 0. The van der Waals surface area contributed by atoms with Crippen LogP contribution in [0.2, 0.25) is 0 Å². The summed E-state index contributed by atoms with van der Waals surface area (Å²) >= 11 is 0. The fourth-order valence-corrected chi connectivity index (χ4v) is 8.90. The fourth-order valence-electron chi connectivity index (χ4n) is 8.17. The number of carbonyl (C=O) groups excluding carboxylic acids is 2. The molecular weight excluding hydrogens is 1040 g/mol. The highest BCUT2D eigenvalue weighted by atomic mass is 31.2. The van der Waals surface area contributed by atoms with Crippen LogP contribution in [-0.2, 0) is 32.7 Å². The van der Waals surface area contributed by atoms with Crippen LogP contribution < -0.4 is 4.89 Å². The van der Waals surface area contributed by atoms with Gasteiger partial charge in [-0.05, 0) is 122 Å². The number of rotatable bonds is 57. The minimum absolute atomic E-state index is 0.0427. The molecule has 0 aliphatic rings. The van der Waals surface area contributed by atoms with Gasteiger partial charge < -0.3 is 27.9 Å². The van der Waals surface area contributed by atoms with Gasteiger partial charge in [-0.15, -0.1) is 0 Å². The van der Waals surface area contributed by atoms with E-state index in [1.165, 1.54) is 44.9 Å². The SMILES string of the molecule is CC/C=C\C/C=C\C/C=C\C/C=C\C/C=C\C/C=C\C/C=C\CCCCCCCCCCCCCC(=O)OC(COC(=O)CCCCCCCC/C=C\C/C=C\C/C=C\C/C=C\C/C=C\C/C=C\CC)COP(=O)([O-])OCC[N+](C)(C)C. The van der Waals surface area contributed by atoms with Crippen LogP contribution in [0.25, 0.3) is 0 Å². The van der Waals surface area contributed by atoms with Gasteiger partial charge in [-0.25, -0.2) is 0 Å². The first-order valence-corrected chi connectivity index (χ1v) is 33.7. The second-order valence-electron chi connectivity index (χ2n) is 22.0. The molecule has 82 heavy (non-hydrogen) atoms. The van der Waals surface area contributed by atoms with Gasteiger partial charge in [0.1, 0.15) is 19.8 Å². The lowest BCUT2D eigenvalue weighted by molar-refractivity contribution is -0.870. The standard InChI is InChI=1S/C72H118NO8P/c1-6-8-10-12-14-16-18-20-22-24-26-28-30-32-33-34-35-36-37-38-39-41-43-45-47-49-51-53-55-57-59-61-63-65-72(75)81-70(69-80-82(76,77)79-67-66-73(3,4)5)68-78-71(74)64-62-60-58-56-54-52-50-48-46-44-42-40-31-29-27-25-23-21-19-17-15-13-11-9-7-2/h8-11,14-17,20-23,26-29,32-33,35-36,38-40,42,46,48,70H,6-7,12-13,18-19,24-25,30-31,34,37,41,43-45,47,49-69H2,1-5H3/b10-8-,11-9-,16-14-,17-15-,22-20-,23-21-,28-26-,29-27-,33-32-,36-35-,39-38-,42-40-,48-46-. The molecule has 0 aromatic carbocycles. The van der Waals surface area contributed by atoms with Gasteiger partial charge in [0.15, 0.2) is 6.10 Å². The summed E-state index contributed by atoms with van der Waals surface area (Å²) < 4.78 is 34.2. The molecule has 0 saturated heterocycles. The Labute approximate surface area is 503 Å². The van der Waals surface area contributed by atoms with E-state index < -0.39 is 32.5 Å². The van der Waals surface area contributed by atoms with E-state index in [4.69, 9.17) is 18.5 Å². The molecule has 0 rings (SSSR count).